The van der Waals surface area contributed by atoms with Gasteiger partial charge in [-0.05, 0) is 67.1 Å². The minimum Gasteiger partial charge on any atom is -0.325 e. The predicted octanol–water partition coefficient (Wildman–Crippen LogP) is 7.05. The number of amides is 3. The number of urea groups is 1. The molecule has 38 heavy (non-hydrogen) atoms. The molecule has 0 unspecified atom stereocenters. The van der Waals surface area contributed by atoms with E-state index in [9.17, 15) is 22.8 Å². The third-order valence-electron chi connectivity index (χ3n) is 6.60. The van der Waals surface area contributed by atoms with Crippen LogP contribution in [-0.2, 0) is 12.6 Å². The van der Waals surface area contributed by atoms with Gasteiger partial charge in [-0.2, -0.15) is 13.2 Å². The summed E-state index contributed by atoms with van der Waals surface area (Å²) in [5.74, 6) is -0.708. The first kappa shape index (κ1) is 25.7. The lowest BCUT2D eigenvalue weighted by Crippen LogP contribution is -2.41. The molecule has 10 heteroatoms. The number of halogens is 3. The second-order valence-corrected chi connectivity index (χ2v) is 10.3. The molecule has 0 bridgehead atoms. The van der Waals surface area contributed by atoms with Crippen molar-refractivity contribution in [3.05, 3.63) is 89.5 Å². The molecule has 4 aromatic rings. The molecule has 1 saturated heterocycles. The predicted molar refractivity (Wildman–Crippen MR) is 142 cm³/mol. The van der Waals surface area contributed by atoms with Gasteiger partial charge in [0, 0.05) is 18.8 Å². The van der Waals surface area contributed by atoms with E-state index in [0.29, 0.717) is 49.1 Å². The molecule has 1 aliphatic heterocycles. The number of carbonyl (C=O) groups is 2. The van der Waals surface area contributed by atoms with Gasteiger partial charge in [0.15, 0.2) is 5.13 Å². The highest BCUT2D eigenvalue weighted by Gasteiger charge is 2.36. The number of hydrogen-bond acceptors (Lipinski definition) is 4. The highest BCUT2D eigenvalue weighted by Crippen LogP contribution is 2.35. The van der Waals surface area contributed by atoms with E-state index < -0.39 is 23.2 Å². The van der Waals surface area contributed by atoms with E-state index in [4.69, 9.17) is 0 Å². The Balaban J connectivity index is 1.23. The van der Waals surface area contributed by atoms with Crippen LogP contribution in [0.4, 0.5) is 28.8 Å². The standard InChI is InChI=1S/C28H25F3N4O2S/c29-28(30,31)22-17-19(10-11-21(22)25(36)34-26-33-23-8-4-5-9-24(23)38-26)16-18-12-14-35(15-13-18)27(37)32-20-6-2-1-3-7-20/h1-11,17-18H,12-16H2,(H,32,37)(H,33,34,36). The van der Waals surface area contributed by atoms with E-state index in [1.807, 2.05) is 42.5 Å². The second kappa shape index (κ2) is 10.8. The zero-order chi connectivity index (χ0) is 26.7. The van der Waals surface area contributed by atoms with Crippen LogP contribution in [0.5, 0.6) is 0 Å². The van der Waals surface area contributed by atoms with Gasteiger partial charge in [-0.25, -0.2) is 9.78 Å². The van der Waals surface area contributed by atoms with Crippen LogP contribution in [0.3, 0.4) is 0 Å². The van der Waals surface area contributed by atoms with Gasteiger partial charge in [-0.3, -0.25) is 10.1 Å². The van der Waals surface area contributed by atoms with Crippen molar-refractivity contribution in [2.45, 2.75) is 25.4 Å². The summed E-state index contributed by atoms with van der Waals surface area (Å²) < 4.78 is 42.7. The fraction of sp³-hybridized carbons (Fsp3) is 0.250. The van der Waals surface area contributed by atoms with Gasteiger partial charge in [0.2, 0.25) is 0 Å². The zero-order valence-corrected chi connectivity index (χ0v) is 21.1. The van der Waals surface area contributed by atoms with Crippen molar-refractivity contribution >= 4 is 44.3 Å². The van der Waals surface area contributed by atoms with E-state index in [1.54, 1.807) is 23.1 Å². The smallest absolute Gasteiger partial charge is 0.325 e. The number of para-hydroxylation sites is 2. The topological polar surface area (TPSA) is 74.3 Å². The Hall–Kier alpha value is -3.92. The zero-order valence-electron chi connectivity index (χ0n) is 20.3. The van der Waals surface area contributed by atoms with Gasteiger partial charge in [0.25, 0.3) is 5.91 Å². The van der Waals surface area contributed by atoms with Crippen LogP contribution in [0.1, 0.15) is 34.3 Å². The number of alkyl halides is 3. The molecule has 1 aromatic heterocycles. The van der Waals surface area contributed by atoms with Gasteiger partial charge in [-0.15, -0.1) is 0 Å². The minimum atomic E-state index is -4.69. The Labute approximate surface area is 221 Å². The molecule has 2 N–H and O–H groups in total. The highest BCUT2D eigenvalue weighted by molar-refractivity contribution is 7.22. The Morgan fingerprint density at radius 3 is 2.37 bits per heavy atom. The van der Waals surface area contributed by atoms with Crippen molar-refractivity contribution in [2.75, 3.05) is 23.7 Å². The Morgan fingerprint density at radius 1 is 0.947 bits per heavy atom. The largest absolute Gasteiger partial charge is 0.417 e. The van der Waals surface area contributed by atoms with Gasteiger partial charge < -0.3 is 10.2 Å². The van der Waals surface area contributed by atoms with Crippen LogP contribution in [0.2, 0.25) is 0 Å². The van der Waals surface area contributed by atoms with Crippen LogP contribution >= 0.6 is 11.3 Å². The van der Waals surface area contributed by atoms with Crippen molar-refractivity contribution in [3.63, 3.8) is 0 Å². The summed E-state index contributed by atoms with van der Waals surface area (Å²) >= 11 is 1.21. The van der Waals surface area contributed by atoms with Gasteiger partial charge >= 0.3 is 12.2 Å². The van der Waals surface area contributed by atoms with E-state index >= 15 is 0 Å². The lowest BCUT2D eigenvalue weighted by atomic mass is 9.89. The summed E-state index contributed by atoms with van der Waals surface area (Å²) in [5, 5.41) is 5.63. The van der Waals surface area contributed by atoms with Gasteiger partial charge in [0.05, 0.1) is 21.3 Å². The number of carbonyl (C=O) groups excluding carboxylic acids is 2. The normalized spacial score (nSPS) is 14.4. The lowest BCUT2D eigenvalue weighted by Gasteiger charge is -2.32. The summed E-state index contributed by atoms with van der Waals surface area (Å²) in [6.07, 6.45) is -2.88. The molecule has 3 amide bonds. The first-order chi connectivity index (χ1) is 18.3. The van der Waals surface area contributed by atoms with Crippen molar-refractivity contribution in [2.24, 2.45) is 5.92 Å². The number of piperidine rings is 1. The van der Waals surface area contributed by atoms with E-state index in [1.165, 1.54) is 17.4 Å². The maximum atomic E-state index is 13.9. The minimum absolute atomic E-state index is 0.138. The number of likely N-dealkylation sites (tertiary alicyclic amines) is 1. The molecule has 0 radical (unpaired) electrons. The monoisotopic (exact) mass is 538 g/mol. The van der Waals surface area contributed by atoms with Crippen molar-refractivity contribution in [1.82, 2.24) is 9.88 Å². The molecule has 0 aliphatic carbocycles. The van der Waals surface area contributed by atoms with Gasteiger partial charge in [-0.1, -0.05) is 47.7 Å². The average Bonchev–Trinajstić information content (AvgIpc) is 3.31. The molecule has 0 spiro atoms. The van der Waals surface area contributed by atoms with E-state index in [0.717, 1.165) is 10.8 Å². The summed E-state index contributed by atoms with van der Waals surface area (Å²) in [6.45, 7) is 1.05. The second-order valence-electron chi connectivity index (χ2n) is 9.25. The Kier molecular flexibility index (Phi) is 7.33. The maximum absolute atomic E-state index is 13.9. The molecule has 196 valence electrons. The third-order valence-corrected chi connectivity index (χ3v) is 7.55. The quantitative estimate of drug-likeness (QED) is 0.286. The molecule has 0 saturated carbocycles. The molecule has 1 fully saturated rings. The van der Waals surface area contributed by atoms with Gasteiger partial charge in [0.1, 0.15) is 0 Å². The molecular formula is C28H25F3N4O2S. The van der Waals surface area contributed by atoms with Crippen LogP contribution in [0, 0.1) is 5.92 Å². The number of fused-ring (bicyclic) bond motifs is 1. The number of thiazole rings is 1. The average molecular weight is 539 g/mol. The number of hydrogen-bond donors (Lipinski definition) is 2. The number of aromatic nitrogens is 1. The van der Waals surface area contributed by atoms with E-state index in [-0.39, 0.29) is 17.1 Å². The Bertz CT molecular complexity index is 1410. The molecule has 5 rings (SSSR count). The maximum Gasteiger partial charge on any atom is 0.417 e. The molecule has 6 nitrogen and oxygen atoms in total. The number of nitrogens with zero attached hydrogens (tertiary/aromatic N) is 2. The number of benzene rings is 3. The van der Waals surface area contributed by atoms with Crippen LogP contribution < -0.4 is 10.6 Å². The molecule has 2 heterocycles. The van der Waals surface area contributed by atoms with Crippen molar-refractivity contribution < 1.29 is 22.8 Å². The first-order valence-corrected chi connectivity index (χ1v) is 13.1. The highest BCUT2D eigenvalue weighted by atomic mass is 32.1. The number of rotatable bonds is 5. The SMILES string of the molecule is O=C(Nc1nc2ccccc2s1)c1ccc(CC2CCN(C(=O)Nc3ccccc3)CC2)cc1C(F)(F)F. The fourth-order valence-electron chi connectivity index (χ4n) is 4.64. The third kappa shape index (κ3) is 5.96. The van der Waals surface area contributed by atoms with Crippen LogP contribution in [-0.4, -0.2) is 34.9 Å². The number of nitrogens with one attached hydrogen (secondary N) is 2. The molecule has 1 aliphatic rings. The summed E-state index contributed by atoms with van der Waals surface area (Å²) in [6, 6.07) is 20.1. The van der Waals surface area contributed by atoms with Crippen LogP contribution in [0.25, 0.3) is 10.2 Å². The van der Waals surface area contributed by atoms with Crippen LogP contribution in [0.15, 0.2) is 72.8 Å². The fourth-order valence-corrected chi connectivity index (χ4v) is 5.50. The number of anilines is 2. The lowest BCUT2D eigenvalue weighted by molar-refractivity contribution is -0.138. The van der Waals surface area contributed by atoms with Crippen molar-refractivity contribution in [1.29, 1.82) is 0 Å². The molecule has 0 atom stereocenters. The summed E-state index contributed by atoms with van der Waals surface area (Å²) in [4.78, 5) is 31.3. The summed E-state index contributed by atoms with van der Waals surface area (Å²) in [5.41, 5.74) is 0.497. The first-order valence-electron chi connectivity index (χ1n) is 12.2. The van der Waals surface area contributed by atoms with E-state index in [2.05, 4.69) is 15.6 Å². The Morgan fingerprint density at radius 2 is 1.66 bits per heavy atom. The molecule has 3 aromatic carbocycles. The summed E-state index contributed by atoms with van der Waals surface area (Å²) in [7, 11) is 0. The molecular weight excluding hydrogens is 513 g/mol. The van der Waals surface area contributed by atoms with Crippen molar-refractivity contribution in [3.8, 4) is 0 Å².